The number of fused-ring (bicyclic) bond motifs is 1. The number of carbonyl (C=O) groups excluding carboxylic acids is 2. The quantitative estimate of drug-likeness (QED) is 0.152. The van der Waals surface area contributed by atoms with Crippen molar-refractivity contribution in [2.75, 3.05) is 34.9 Å². The summed E-state index contributed by atoms with van der Waals surface area (Å²) in [5.74, 6) is -5.26. The maximum absolute atomic E-state index is 14.0. The Kier molecular flexibility index (Phi) is 15.1. The molecule has 14 nitrogen and oxygen atoms in total. The minimum atomic E-state index is -1.96. The number of carbonyl (C=O) groups is 2. The zero-order valence-electron chi connectivity index (χ0n) is 33.3. The number of likely N-dealkylation sites (N-methyl/N-ethyl adjacent to an activating group) is 1. The summed E-state index contributed by atoms with van der Waals surface area (Å²) in [7, 11) is 6.82. The van der Waals surface area contributed by atoms with Crippen molar-refractivity contribution < 1.29 is 62.8 Å². The van der Waals surface area contributed by atoms with Crippen LogP contribution in [0.4, 0.5) is 0 Å². The van der Waals surface area contributed by atoms with Crippen LogP contribution in [-0.4, -0.2) is 145 Å². The summed E-state index contributed by atoms with van der Waals surface area (Å²) in [6, 6.07) is -0.323. The average molecular weight is 734 g/mol. The normalized spacial score (nSPS) is 44.6. The maximum Gasteiger partial charge on any atom is 0.311 e. The largest absolute Gasteiger partial charge is 0.459 e. The Morgan fingerprint density at radius 2 is 1.61 bits per heavy atom. The van der Waals surface area contributed by atoms with Crippen LogP contribution in [0, 0.1) is 23.7 Å². The summed E-state index contributed by atoms with van der Waals surface area (Å²) in [6.07, 6.45) is -7.40. The van der Waals surface area contributed by atoms with Gasteiger partial charge in [-0.05, 0) is 68.5 Å². The van der Waals surface area contributed by atoms with Gasteiger partial charge < -0.3 is 58.1 Å². The fourth-order valence-corrected chi connectivity index (χ4v) is 8.12. The van der Waals surface area contributed by atoms with E-state index in [1.165, 1.54) is 21.0 Å². The van der Waals surface area contributed by atoms with Crippen molar-refractivity contribution in [3.8, 4) is 0 Å². The van der Waals surface area contributed by atoms with Crippen LogP contribution in [-0.2, 0) is 47.5 Å². The molecule has 0 aromatic rings. The van der Waals surface area contributed by atoms with Gasteiger partial charge in [-0.1, -0.05) is 27.7 Å². The molecule has 0 aromatic heterocycles. The number of aliphatic hydroxyl groups is 3. The lowest BCUT2D eigenvalue weighted by molar-refractivity contribution is -0.290. The first kappa shape index (κ1) is 44.1. The van der Waals surface area contributed by atoms with Crippen LogP contribution >= 0.6 is 0 Å². The molecule has 4 unspecified atom stereocenters. The number of hydrogen-bond acceptors (Lipinski definition) is 14. The standard InChI is InChI=1S/C37H67NO13/c1-15-25(38(11)12)28(40)34(46-16-2)50-31-21(5)29(49-26-18-37(45-14)32(51-37)23(7)47-26)22(6)33(42)48-24(8)36(10,43)30(41)20(4)27(39)19(3)17-35(31,9)44-13/h19-26,28-32,34,40-41,43H,15-18H2,1-14H3/t19-,20+,21+,22-,23-,24-,25?,26+,28?,29+,30-,31-,32?,34+,35-,36-,37?/m1/s1. The van der Waals surface area contributed by atoms with Crippen molar-refractivity contribution in [3.05, 3.63) is 0 Å². The van der Waals surface area contributed by atoms with Crippen LogP contribution in [0.2, 0.25) is 0 Å². The lowest BCUT2D eigenvalue weighted by atomic mass is 9.74. The Labute approximate surface area is 304 Å². The van der Waals surface area contributed by atoms with E-state index in [0.717, 1.165) is 0 Å². The van der Waals surface area contributed by atoms with Gasteiger partial charge >= 0.3 is 5.97 Å². The van der Waals surface area contributed by atoms with Crippen molar-refractivity contribution in [2.24, 2.45) is 23.7 Å². The van der Waals surface area contributed by atoms with E-state index < -0.39 is 89.7 Å². The molecule has 0 aromatic carbocycles. The van der Waals surface area contributed by atoms with Gasteiger partial charge in [-0.15, -0.1) is 0 Å². The van der Waals surface area contributed by atoms with E-state index >= 15 is 0 Å². The summed E-state index contributed by atoms with van der Waals surface area (Å²) < 4.78 is 49.5. The van der Waals surface area contributed by atoms with Gasteiger partial charge in [0, 0.05) is 44.6 Å². The molecule has 3 aliphatic heterocycles. The monoisotopic (exact) mass is 733 g/mol. The number of Topliss-reactive ketones (excluding diaryl/α,β-unsaturated/α-hetero) is 1. The molecule has 0 spiro atoms. The number of cyclic esters (lactones) is 1. The molecule has 3 saturated heterocycles. The van der Waals surface area contributed by atoms with Crippen LogP contribution in [0.5, 0.6) is 0 Å². The Morgan fingerprint density at radius 3 is 2.14 bits per heavy atom. The summed E-state index contributed by atoms with van der Waals surface area (Å²) in [4.78, 5) is 29.8. The number of nitrogens with zero attached hydrogens (tertiary/aromatic N) is 1. The summed E-state index contributed by atoms with van der Waals surface area (Å²) >= 11 is 0. The molecule has 17 atom stereocenters. The molecule has 3 heterocycles. The fourth-order valence-electron chi connectivity index (χ4n) is 8.12. The van der Waals surface area contributed by atoms with Gasteiger partial charge in [-0.3, -0.25) is 9.59 Å². The van der Waals surface area contributed by atoms with Crippen LogP contribution in [0.25, 0.3) is 0 Å². The average Bonchev–Trinajstić information content (AvgIpc) is 3.82. The smallest absolute Gasteiger partial charge is 0.311 e. The van der Waals surface area contributed by atoms with Gasteiger partial charge in [-0.25, -0.2) is 0 Å². The summed E-state index contributed by atoms with van der Waals surface area (Å²) in [5, 5.41) is 34.4. The third kappa shape index (κ3) is 9.33. The van der Waals surface area contributed by atoms with Gasteiger partial charge in [0.1, 0.15) is 29.7 Å². The Bertz CT molecular complexity index is 1160. The van der Waals surface area contributed by atoms with Crippen molar-refractivity contribution in [3.63, 3.8) is 0 Å². The molecule has 14 heteroatoms. The lowest BCUT2D eigenvalue weighted by Gasteiger charge is -2.47. The SMILES string of the molecule is CCO[C@@H](O[C@@H]1[C@@H](C)[C@H](O[C@H]2CC3(OC)OC3[C@@H](C)O2)[C@@H](C)C(=O)O[C@H](C)[C@@](C)(O)[C@H](O)[C@@H](C)C(=O)[C@H](C)C[C@@]1(C)OC)C(O)C(CC)N(C)C. The molecule has 51 heavy (non-hydrogen) atoms. The molecule has 0 saturated carbocycles. The van der Waals surface area contributed by atoms with Gasteiger partial charge in [0.2, 0.25) is 5.79 Å². The first-order valence-corrected chi connectivity index (χ1v) is 18.5. The second-order valence-corrected chi connectivity index (χ2v) is 15.7. The molecule has 3 fully saturated rings. The topological polar surface area (TPSA) is 175 Å². The van der Waals surface area contributed by atoms with Crippen molar-refractivity contribution in [2.45, 2.75) is 167 Å². The number of esters is 1. The zero-order chi connectivity index (χ0) is 38.8. The molecule has 3 rings (SSSR count). The number of hydrogen-bond donors (Lipinski definition) is 3. The highest BCUT2D eigenvalue weighted by Gasteiger charge is 2.65. The molecule has 0 bridgehead atoms. The summed E-state index contributed by atoms with van der Waals surface area (Å²) in [5.41, 5.74) is -3.20. The number of ketones is 1. The molecule has 3 N–H and O–H groups in total. The fraction of sp³-hybridized carbons (Fsp3) is 0.946. The number of aliphatic hydroxyl groups excluding tert-OH is 2. The minimum Gasteiger partial charge on any atom is -0.459 e. The van der Waals surface area contributed by atoms with E-state index in [9.17, 15) is 24.9 Å². The summed E-state index contributed by atoms with van der Waals surface area (Å²) in [6.45, 7) is 17.3. The van der Waals surface area contributed by atoms with E-state index in [1.807, 2.05) is 46.7 Å². The molecular weight excluding hydrogens is 666 g/mol. The van der Waals surface area contributed by atoms with Gasteiger partial charge in [0.05, 0.1) is 42.4 Å². The molecule has 0 radical (unpaired) electrons. The predicted molar refractivity (Wildman–Crippen MR) is 186 cm³/mol. The molecule has 0 amide bonds. The molecular formula is C37H67NO13. The molecule has 0 aliphatic carbocycles. The van der Waals surface area contributed by atoms with E-state index in [1.54, 1.807) is 34.8 Å². The highest BCUT2D eigenvalue weighted by molar-refractivity contribution is 5.83. The van der Waals surface area contributed by atoms with E-state index in [0.29, 0.717) is 6.42 Å². The second-order valence-electron chi connectivity index (χ2n) is 15.7. The zero-order valence-corrected chi connectivity index (χ0v) is 33.3. The maximum atomic E-state index is 14.0. The van der Waals surface area contributed by atoms with Crippen LogP contribution in [0.1, 0.15) is 88.5 Å². The van der Waals surface area contributed by atoms with Gasteiger partial charge in [-0.2, -0.15) is 0 Å². The van der Waals surface area contributed by atoms with Gasteiger partial charge in [0.15, 0.2) is 12.6 Å². The molecule has 298 valence electrons. The number of rotatable bonds is 12. The Balaban J connectivity index is 2.20. The third-order valence-corrected chi connectivity index (χ3v) is 11.7. The van der Waals surface area contributed by atoms with Crippen molar-refractivity contribution in [1.29, 1.82) is 0 Å². The highest BCUT2D eigenvalue weighted by Crippen LogP contribution is 2.49. The number of ether oxygens (including phenoxy) is 8. The predicted octanol–water partition coefficient (Wildman–Crippen LogP) is 2.66. The number of epoxide rings is 1. The van der Waals surface area contributed by atoms with Crippen molar-refractivity contribution >= 4 is 11.8 Å². The van der Waals surface area contributed by atoms with Crippen LogP contribution in [0.15, 0.2) is 0 Å². The lowest BCUT2D eigenvalue weighted by Crippen LogP contribution is -2.59. The highest BCUT2D eigenvalue weighted by atomic mass is 16.8. The van der Waals surface area contributed by atoms with Crippen molar-refractivity contribution in [1.82, 2.24) is 4.90 Å². The molecule has 3 aliphatic rings. The first-order valence-electron chi connectivity index (χ1n) is 18.5. The minimum absolute atomic E-state index is 0.122. The van der Waals surface area contributed by atoms with Crippen LogP contribution < -0.4 is 0 Å². The Hall–Kier alpha value is -1.30. The third-order valence-electron chi connectivity index (χ3n) is 11.7. The van der Waals surface area contributed by atoms with E-state index in [-0.39, 0.29) is 43.5 Å². The number of methoxy groups -OCH3 is 2. The van der Waals surface area contributed by atoms with Gasteiger partial charge in [0.25, 0.3) is 0 Å². The van der Waals surface area contributed by atoms with Crippen LogP contribution in [0.3, 0.4) is 0 Å². The van der Waals surface area contributed by atoms with E-state index in [4.69, 9.17) is 37.9 Å². The first-order chi connectivity index (χ1) is 23.7. The second kappa shape index (κ2) is 17.4. The Morgan fingerprint density at radius 1 is 0.980 bits per heavy atom. The van der Waals surface area contributed by atoms with E-state index in [2.05, 4.69) is 0 Å².